The molecule has 0 amide bonds. The van der Waals surface area contributed by atoms with Crippen molar-refractivity contribution in [1.29, 1.82) is 0 Å². The summed E-state index contributed by atoms with van der Waals surface area (Å²) < 4.78 is 27.4. The van der Waals surface area contributed by atoms with Crippen molar-refractivity contribution < 1.29 is 8.42 Å². The highest BCUT2D eigenvalue weighted by Crippen LogP contribution is 2.31. The Kier molecular flexibility index (Phi) is 5.20. The molecule has 1 N–H and O–H groups in total. The standard InChI is InChI=1S/C14H12BrCl2NO2S/c1-9(15)11-4-2-3-5-14(11)18-21(19,20)10-6-7-12(16)13(17)8-10/h2-9,18H,1H3. The van der Waals surface area contributed by atoms with Gasteiger partial charge in [0.15, 0.2) is 0 Å². The number of sulfonamides is 1. The molecular weight excluding hydrogens is 397 g/mol. The van der Waals surface area contributed by atoms with Crippen LogP contribution >= 0.6 is 39.1 Å². The molecular formula is C14H12BrCl2NO2S. The first-order chi connectivity index (χ1) is 9.81. The van der Waals surface area contributed by atoms with E-state index in [0.717, 1.165) is 5.56 Å². The predicted octanol–water partition coefficient (Wildman–Crippen LogP) is 5.25. The summed E-state index contributed by atoms with van der Waals surface area (Å²) in [5, 5.41) is 0.506. The van der Waals surface area contributed by atoms with E-state index in [1.165, 1.54) is 18.2 Å². The average Bonchev–Trinajstić information content (AvgIpc) is 2.41. The van der Waals surface area contributed by atoms with Gasteiger partial charge in [0, 0.05) is 4.83 Å². The van der Waals surface area contributed by atoms with Crippen LogP contribution in [0.3, 0.4) is 0 Å². The highest BCUT2D eigenvalue weighted by atomic mass is 79.9. The molecule has 1 unspecified atom stereocenters. The summed E-state index contributed by atoms with van der Waals surface area (Å²) in [5.41, 5.74) is 1.37. The third-order valence-electron chi connectivity index (χ3n) is 2.84. The van der Waals surface area contributed by atoms with Gasteiger partial charge in [0.05, 0.1) is 20.6 Å². The van der Waals surface area contributed by atoms with Crippen LogP contribution in [-0.4, -0.2) is 8.42 Å². The van der Waals surface area contributed by atoms with Crippen LogP contribution in [0.1, 0.15) is 17.3 Å². The molecule has 0 aliphatic heterocycles. The van der Waals surface area contributed by atoms with Crippen LogP contribution in [0.5, 0.6) is 0 Å². The molecule has 2 aromatic rings. The lowest BCUT2D eigenvalue weighted by Gasteiger charge is -2.14. The Morgan fingerprint density at radius 2 is 1.76 bits per heavy atom. The van der Waals surface area contributed by atoms with E-state index < -0.39 is 10.0 Å². The number of hydrogen-bond acceptors (Lipinski definition) is 2. The number of para-hydroxylation sites is 1. The Labute approximate surface area is 142 Å². The van der Waals surface area contributed by atoms with E-state index in [1.54, 1.807) is 12.1 Å². The number of hydrogen-bond donors (Lipinski definition) is 1. The predicted molar refractivity (Wildman–Crippen MR) is 91.1 cm³/mol. The molecule has 0 aliphatic rings. The summed E-state index contributed by atoms with van der Waals surface area (Å²) in [7, 11) is -3.72. The lowest BCUT2D eigenvalue weighted by Crippen LogP contribution is -2.14. The second-order valence-corrected chi connectivity index (χ2v) is 8.25. The Balaban J connectivity index is 2.40. The topological polar surface area (TPSA) is 46.2 Å². The third-order valence-corrected chi connectivity index (χ3v) is 5.43. The molecule has 0 fully saturated rings. The van der Waals surface area contributed by atoms with E-state index in [4.69, 9.17) is 23.2 Å². The summed E-state index contributed by atoms with van der Waals surface area (Å²) in [6.45, 7) is 1.92. The van der Waals surface area contributed by atoms with Crippen LogP contribution in [0.4, 0.5) is 5.69 Å². The molecule has 2 aromatic carbocycles. The fourth-order valence-electron chi connectivity index (χ4n) is 1.78. The molecule has 0 spiro atoms. The second kappa shape index (κ2) is 6.57. The maximum absolute atomic E-state index is 12.4. The first kappa shape index (κ1) is 16.6. The van der Waals surface area contributed by atoms with Gasteiger partial charge >= 0.3 is 0 Å². The molecule has 0 heterocycles. The van der Waals surface area contributed by atoms with Crippen molar-refractivity contribution in [1.82, 2.24) is 0 Å². The van der Waals surface area contributed by atoms with Gasteiger partial charge in [0.25, 0.3) is 10.0 Å². The molecule has 21 heavy (non-hydrogen) atoms. The Morgan fingerprint density at radius 3 is 2.38 bits per heavy atom. The molecule has 0 saturated heterocycles. The van der Waals surface area contributed by atoms with E-state index in [2.05, 4.69) is 20.7 Å². The zero-order valence-electron chi connectivity index (χ0n) is 11.0. The van der Waals surface area contributed by atoms with Crippen LogP contribution in [0.15, 0.2) is 47.4 Å². The number of rotatable bonds is 4. The summed E-state index contributed by atoms with van der Waals surface area (Å²) in [5.74, 6) is 0. The summed E-state index contributed by atoms with van der Waals surface area (Å²) in [4.78, 5) is 0.0825. The summed E-state index contributed by atoms with van der Waals surface area (Å²) in [6.07, 6.45) is 0. The van der Waals surface area contributed by atoms with E-state index in [0.29, 0.717) is 10.7 Å². The normalized spacial score (nSPS) is 13.0. The van der Waals surface area contributed by atoms with Gasteiger partial charge in [0.2, 0.25) is 0 Å². The van der Waals surface area contributed by atoms with E-state index in [-0.39, 0.29) is 14.7 Å². The van der Waals surface area contributed by atoms with Gasteiger partial charge in [-0.05, 0) is 36.8 Å². The minimum atomic E-state index is -3.72. The second-order valence-electron chi connectivity index (χ2n) is 4.38. The largest absolute Gasteiger partial charge is 0.279 e. The lowest BCUT2D eigenvalue weighted by atomic mass is 10.1. The maximum Gasteiger partial charge on any atom is 0.261 e. The van der Waals surface area contributed by atoms with Crippen LogP contribution < -0.4 is 4.72 Å². The third kappa shape index (κ3) is 3.92. The minimum Gasteiger partial charge on any atom is -0.279 e. The molecule has 7 heteroatoms. The van der Waals surface area contributed by atoms with Crippen molar-refractivity contribution in [2.45, 2.75) is 16.6 Å². The number of nitrogens with one attached hydrogen (secondary N) is 1. The number of alkyl halides is 1. The van der Waals surface area contributed by atoms with Crippen LogP contribution in [0, 0.1) is 0 Å². The van der Waals surface area contributed by atoms with Gasteiger partial charge in [-0.25, -0.2) is 8.42 Å². The quantitative estimate of drug-likeness (QED) is 0.702. The SMILES string of the molecule is CC(Br)c1ccccc1NS(=O)(=O)c1ccc(Cl)c(Cl)c1. The molecule has 3 nitrogen and oxygen atoms in total. The molecule has 0 saturated carbocycles. The van der Waals surface area contributed by atoms with Gasteiger partial charge in [-0.3, -0.25) is 4.72 Å². The molecule has 0 radical (unpaired) electrons. The van der Waals surface area contributed by atoms with Crippen LogP contribution in [-0.2, 0) is 10.0 Å². The monoisotopic (exact) mass is 407 g/mol. The highest BCUT2D eigenvalue weighted by Gasteiger charge is 2.18. The Hall–Kier alpha value is -0.750. The number of anilines is 1. The van der Waals surface area contributed by atoms with Crippen molar-refractivity contribution in [3.8, 4) is 0 Å². The van der Waals surface area contributed by atoms with Gasteiger partial charge in [0.1, 0.15) is 0 Å². The van der Waals surface area contributed by atoms with E-state index in [1.807, 2.05) is 19.1 Å². The number of benzene rings is 2. The van der Waals surface area contributed by atoms with Gasteiger partial charge in [-0.1, -0.05) is 57.3 Å². The first-order valence-corrected chi connectivity index (χ1v) is 9.17. The van der Waals surface area contributed by atoms with Crippen molar-refractivity contribution in [3.05, 3.63) is 58.1 Å². The molecule has 2 rings (SSSR count). The van der Waals surface area contributed by atoms with Crippen LogP contribution in [0.25, 0.3) is 0 Å². The lowest BCUT2D eigenvalue weighted by molar-refractivity contribution is 0.601. The minimum absolute atomic E-state index is 0.0187. The van der Waals surface area contributed by atoms with Crippen molar-refractivity contribution in [2.24, 2.45) is 0 Å². The van der Waals surface area contributed by atoms with Crippen molar-refractivity contribution in [3.63, 3.8) is 0 Å². The fraction of sp³-hybridized carbons (Fsp3) is 0.143. The summed E-state index contributed by atoms with van der Waals surface area (Å²) >= 11 is 15.1. The Bertz CT molecular complexity index is 763. The fourth-order valence-corrected chi connectivity index (χ4v) is 3.66. The molecule has 0 bridgehead atoms. The zero-order chi connectivity index (χ0) is 15.6. The highest BCUT2D eigenvalue weighted by molar-refractivity contribution is 9.09. The van der Waals surface area contributed by atoms with Crippen molar-refractivity contribution >= 4 is 54.8 Å². The van der Waals surface area contributed by atoms with Crippen LogP contribution in [0.2, 0.25) is 10.0 Å². The molecule has 0 aliphatic carbocycles. The zero-order valence-corrected chi connectivity index (χ0v) is 14.9. The maximum atomic E-state index is 12.4. The van der Waals surface area contributed by atoms with E-state index in [9.17, 15) is 8.42 Å². The van der Waals surface area contributed by atoms with Gasteiger partial charge in [-0.2, -0.15) is 0 Å². The first-order valence-electron chi connectivity index (χ1n) is 6.02. The smallest absolute Gasteiger partial charge is 0.261 e. The summed E-state index contributed by atoms with van der Waals surface area (Å²) in [6, 6.07) is 11.4. The average molecular weight is 409 g/mol. The molecule has 0 aromatic heterocycles. The molecule has 1 atom stereocenters. The Morgan fingerprint density at radius 1 is 1.10 bits per heavy atom. The van der Waals surface area contributed by atoms with Gasteiger partial charge < -0.3 is 0 Å². The van der Waals surface area contributed by atoms with Gasteiger partial charge in [-0.15, -0.1) is 0 Å². The molecule has 112 valence electrons. The van der Waals surface area contributed by atoms with E-state index >= 15 is 0 Å². The number of halogens is 3. The van der Waals surface area contributed by atoms with Crippen molar-refractivity contribution in [2.75, 3.05) is 4.72 Å².